The van der Waals surface area contributed by atoms with Crippen molar-refractivity contribution in [1.29, 1.82) is 0 Å². The van der Waals surface area contributed by atoms with Gasteiger partial charge in [0.25, 0.3) is 0 Å². The van der Waals surface area contributed by atoms with E-state index >= 15 is 0 Å². The first kappa shape index (κ1) is 9.66. The predicted octanol–water partition coefficient (Wildman–Crippen LogP) is 2.07. The molecule has 14 heavy (non-hydrogen) atoms. The number of nitrogens with one attached hydrogen (secondary N) is 1. The molecule has 1 fully saturated rings. The van der Waals surface area contributed by atoms with Crippen molar-refractivity contribution in [3.63, 3.8) is 0 Å². The van der Waals surface area contributed by atoms with Crippen molar-refractivity contribution in [2.45, 2.75) is 38.6 Å². The second kappa shape index (κ2) is 4.56. The quantitative estimate of drug-likeness (QED) is 0.772. The van der Waals surface area contributed by atoms with Gasteiger partial charge >= 0.3 is 0 Å². The minimum atomic E-state index is 0.651. The summed E-state index contributed by atoms with van der Waals surface area (Å²) in [5, 5.41) is 3.55. The Hall–Kier alpha value is -0.890. The SMILES string of the molecule is Cc1cccc(C[C@H]2CCCCN2)n1. The Labute approximate surface area is 85.7 Å². The Bertz CT molecular complexity index is 290. The van der Waals surface area contributed by atoms with Crippen LogP contribution in [0.2, 0.25) is 0 Å². The molecule has 0 aliphatic carbocycles. The van der Waals surface area contributed by atoms with Gasteiger partial charge in [-0.25, -0.2) is 0 Å². The molecule has 1 aliphatic heterocycles. The van der Waals surface area contributed by atoms with E-state index < -0.39 is 0 Å². The molecule has 1 aromatic rings. The van der Waals surface area contributed by atoms with E-state index in [1.165, 1.54) is 31.5 Å². The summed E-state index contributed by atoms with van der Waals surface area (Å²) < 4.78 is 0. The Morgan fingerprint density at radius 2 is 2.36 bits per heavy atom. The van der Waals surface area contributed by atoms with E-state index in [1.54, 1.807) is 0 Å². The van der Waals surface area contributed by atoms with Crippen molar-refractivity contribution in [2.24, 2.45) is 0 Å². The summed E-state index contributed by atoms with van der Waals surface area (Å²) >= 11 is 0. The number of pyridine rings is 1. The van der Waals surface area contributed by atoms with Crippen molar-refractivity contribution in [1.82, 2.24) is 10.3 Å². The summed E-state index contributed by atoms with van der Waals surface area (Å²) in [6.07, 6.45) is 5.08. The van der Waals surface area contributed by atoms with Crippen molar-refractivity contribution in [3.05, 3.63) is 29.6 Å². The minimum Gasteiger partial charge on any atom is -0.314 e. The average Bonchev–Trinajstić information content (AvgIpc) is 2.19. The maximum Gasteiger partial charge on any atom is 0.0422 e. The zero-order valence-electron chi connectivity index (χ0n) is 8.79. The van der Waals surface area contributed by atoms with Gasteiger partial charge in [-0.2, -0.15) is 0 Å². The van der Waals surface area contributed by atoms with E-state index in [-0.39, 0.29) is 0 Å². The van der Waals surface area contributed by atoms with Crippen LogP contribution in [0.3, 0.4) is 0 Å². The lowest BCUT2D eigenvalue weighted by Crippen LogP contribution is -2.35. The molecule has 0 unspecified atom stereocenters. The number of rotatable bonds is 2. The van der Waals surface area contributed by atoms with Crippen LogP contribution in [0.1, 0.15) is 30.7 Å². The maximum atomic E-state index is 4.53. The fourth-order valence-corrected chi connectivity index (χ4v) is 2.06. The molecular weight excluding hydrogens is 172 g/mol. The van der Waals surface area contributed by atoms with Gasteiger partial charge in [0.05, 0.1) is 0 Å². The highest BCUT2D eigenvalue weighted by Gasteiger charge is 2.13. The summed E-state index contributed by atoms with van der Waals surface area (Å²) in [5.41, 5.74) is 2.35. The lowest BCUT2D eigenvalue weighted by Gasteiger charge is -2.23. The molecule has 2 nitrogen and oxygen atoms in total. The van der Waals surface area contributed by atoms with Crippen LogP contribution in [-0.2, 0) is 6.42 Å². The van der Waals surface area contributed by atoms with Crippen LogP contribution in [0.25, 0.3) is 0 Å². The standard InChI is InChI=1S/C12H18N2/c1-10-5-4-7-12(14-10)9-11-6-2-3-8-13-11/h4-5,7,11,13H,2-3,6,8-9H2,1H3/t11-/m1/s1. The Balaban J connectivity index is 1.95. The fraction of sp³-hybridized carbons (Fsp3) is 0.583. The normalized spacial score (nSPS) is 22.2. The van der Waals surface area contributed by atoms with Gasteiger partial charge in [-0.1, -0.05) is 12.5 Å². The molecule has 1 aromatic heterocycles. The van der Waals surface area contributed by atoms with Crippen molar-refractivity contribution >= 4 is 0 Å². The highest BCUT2D eigenvalue weighted by atomic mass is 14.9. The van der Waals surface area contributed by atoms with Gasteiger partial charge < -0.3 is 5.32 Å². The third-order valence-corrected chi connectivity index (χ3v) is 2.81. The molecular formula is C12H18N2. The molecule has 0 saturated carbocycles. The van der Waals surface area contributed by atoms with Crippen LogP contribution in [-0.4, -0.2) is 17.6 Å². The number of piperidine rings is 1. The third-order valence-electron chi connectivity index (χ3n) is 2.81. The van der Waals surface area contributed by atoms with Crippen LogP contribution < -0.4 is 5.32 Å². The van der Waals surface area contributed by atoms with E-state index in [1.807, 2.05) is 0 Å². The molecule has 1 atom stereocenters. The molecule has 0 spiro atoms. The molecule has 2 heterocycles. The Morgan fingerprint density at radius 3 is 3.07 bits per heavy atom. The summed E-state index contributed by atoms with van der Waals surface area (Å²) in [4.78, 5) is 4.53. The van der Waals surface area contributed by atoms with Crippen molar-refractivity contribution < 1.29 is 0 Å². The zero-order valence-corrected chi connectivity index (χ0v) is 8.79. The van der Waals surface area contributed by atoms with Crippen molar-refractivity contribution in [2.75, 3.05) is 6.54 Å². The molecule has 2 heteroatoms. The van der Waals surface area contributed by atoms with Gasteiger partial charge in [0.15, 0.2) is 0 Å². The summed E-state index contributed by atoms with van der Waals surface area (Å²) in [7, 11) is 0. The Kier molecular flexibility index (Phi) is 3.14. The number of nitrogens with zero attached hydrogens (tertiary/aromatic N) is 1. The van der Waals surface area contributed by atoms with E-state index in [9.17, 15) is 0 Å². The predicted molar refractivity (Wildman–Crippen MR) is 58.3 cm³/mol. The summed E-state index contributed by atoms with van der Waals surface area (Å²) in [6.45, 7) is 3.23. The monoisotopic (exact) mass is 190 g/mol. The first-order chi connectivity index (χ1) is 6.84. The largest absolute Gasteiger partial charge is 0.314 e. The van der Waals surface area contributed by atoms with E-state index in [4.69, 9.17) is 0 Å². The highest BCUT2D eigenvalue weighted by molar-refractivity contribution is 5.11. The maximum absolute atomic E-state index is 4.53. The van der Waals surface area contributed by atoms with Crippen molar-refractivity contribution in [3.8, 4) is 0 Å². The fourth-order valence-electron chi connectivity index (χ4n) is 2.06. The summed E-state index contributed by atoms with van der Waals surface area (Å²) in [6, 6.07) is 6.93. The molecule has 1 saturated heterocycles. The number of aromatic nitrogens is 1. The highest BCUT2D eigenvalue weighted by Crippen LogP contribution is 2.11. The Morgan fingerprint density at radius 1 is 1.43 bits per heavy atom. The second-order valence-electron chi connectivity index (χ2n) is 4.12. The first-order valence-electron chi connectivity index (χ1n) is 5.50. The molecule has 0 bridgehead atoms. The van der Waals surface area contributed by atoms with Gasteiger partial charge in [0, 0.05) is 23.9 Å². The van der Waals surface area contributed by atoms with Gasteiger partial charge in [0.2, 0.25) is 0 Å². The van der Waals surface area contributed by atoms with Crippen LogP contribution in [0.4, 0.5) is 0 Å². The lowest BCUT2D eigenvalue weighted by atomic mass is 10.0. The van der Waals surface area contributed by atoms with Crippen LogP contribution in [0.15, 0.2) is 18.2 Å². The number of aryl methyl sites for hydroxylation is 1. The van der Waals surface area contributed by atoms with Crippen LogP contribution in [0, 0.1) is 6.92 Å². The molecule has 0 aromatic carbocycles. The van der Waals surface area contributed by atoms with Gasteiger partial charge in [-0.3, -0.25) is 4.98 Å². The van der Waals surface area contributed by atoms with Gasteiger partial charge in [0.1, 0.15) is 0 Å². The smallest absolute Gasteiger partial charge is 0.0422 e. The molecule has 2 rings (SSSR count). The molecule has 0 radical (unpaired) electrons. The van der Waals surface area contributed by atoms with Gasteiger partial charge in [-0.05, 0) is 38.4 Å². The van der Waals surface area contributed by atoms with Crippen LogP contribution in [0.5, 0.6) is 0 Å². The van der Waals surface area contributed by atoms with E-state index in [0.717, 1.165) is 12.1 Å². The van der Waals surface area contributed by atoms with E-state index in [0.29, 0.717) is 6.04 Å². The topological polar surface area (TPSA) is 24.9 Å². The molecule has 76 valence electrons. The lowest BCUT2D eigenvalue weighted by molar-refractivity contribution is 0.397. The number of hydrogen-bond acceptors (Lipinski definition) is 2. The number of hydrogen-bond donors (Lipinski definition) is 1. The zero-order chi connectivity index (χ0) is 9.80. The average molecular weight is 190 g/mol. The first-order valence-corrected chi connectivity index (χ1v) is 5.50. The summed E-state index contributed by atoms with van der Waals surface area (Å²) in [5.74, 6) is 0. The minimum absolute atomic E-state index is 0.651. The third kappa shape index (κ3) is 2.55. The van der Waals surface area contributed by atoms with Crippen LogP contribution >= 0.6 is 0 Å². The van der Waals surface area contributed by atoms with E-state index in [2.05, 4.69) is 35.4 Å². The molecule has 1 aliphatic rings. The van der Waals surface area contributed by atoms with Gasteiger partial charge in [-0.15, -0.1) is 0 Å². The molecule has 1 N–H and O–H groups in total. The molecule has 0 amide bonds. The second-order valence-corrected chi connectivity index (χ2v) is 4.12.